The first-order valence-corrected chi connectivity index (χ1v) is 15.9. The smallest absolute Gasteiger partial charge is 0.399 e. The van der Waals surface area contributed by atoms with E-state index in [0.29, 0.717) is 30.3 Å². The second kappa shape index (κ2) is 9.51. The summed E-state index contributed by atoms with van der Waals surface area (Å²) in [6.07, 6.45) is 5.15. The van der Waals surface area contributed by atoms with Crippen molar-refractivity contribution < 1.29 is 22.8 Å². The number of benzene rings is 1. The number of hydrogen-bond donors (Lipinski definition) is 0. The Labute approximate surface area is 212 Å². The van der Waals surface area contributed by atoms with E-state index in [1.165, 1.54) is 6.07 Å². The van der Waals surface area contributed by atoms with Crippen molar-refractivity contribution in [2.24, 2.45) is 0 Å². The lowest BCUT2D eigenvalue weighted by molar-refractivity contribution is 0.00578. The first-order chi connectivity index (χ1) is 16.7. The van der Waals surface area contributed by atoms with Crippen LogP contribution in [-0.2, 0) is 20.8 Å². The number of aromatic nitrogens is 4. The molecule has 4 rings (SSSR count). The van der Waals surface area contributed by atoms with Gasteiger partial charge in [0.15, 0.2) is 11.6 Å². The van der Waals surface area contributed by atoms with Gasteiger partial charge in [0.1, 0.15) is 12.4 Å². The van der Waals surface area contributed by atoms with Crippen LogP contribution in [0.1, 0.15) is 33.4 Å². The fraction of sp³-hybridized carbons (Fsp3) is 0.520. The van der Waals surface area contributed by atoms with Gasteiger partial charge in [-0.3, -0.25) is 0 Å². The lowest BCUT2D eigenvalue weighted by Gasteiger charge is -2.32. The molecule has 11 heteroatoms. The van der Waals surface area contributed by atoms with Gasteiger partial charge >= 0.3 is 7.12 Å². The Hall–Kier alpha value is -2.34. The van der Waals surface area contributed by atoms with Crippen LogP contribution >= 0.6 is 0 Å². The quantitative estimate of drug-likeness (QED) is 0.314. The maximum absolute atomic E-state index is 15.3. The Morgan fingerprint density at radius 1 is 1.00 bits per heavy atom. The fourth-order valence-electron chi connectivity index (χ4n) is 3.86. The lowest BCUT2D eigenvalue weighted by atomic mass is 9.78. The van der Waals surface area contributed by atoms with Crippen molar-refractivity contribution in [3.63, 3.8) is 0 Å². The highest BCUT2D eigenvalue weighted by Crippen LogP contribution is 2.37. The average molecular weight is 516 g/mol. The molecule has 0 bridgehead atoms. The van der Waals surface area contributed by atoms with Crippen LogP contribution in [0.5, 0.6) is 0 Å². The van der Waals surface area contributed by atoms with Gasteiger partial charge in [-0.05, 0) is 40.7 Å². The summed E-state index contributed by atoms with van der Waals surface area (Å²) in [6.45, 7) is 17.2. The molecule has 194 valence electrons. The van der Waals surface area contributed by atoms with Crippen molar-refractivity contribution in [3.8, 4) is 16.8 Å². The summed E-state index contributed by atoms with van der Waals surface area (Å²) in [7, 11) is -2.14. The molecule has 3 heterocycles. The third kappa shape index (κ3) is 5.34. The van der Waals surface area contributed by atoms with E-state index < -0.39 is 38.0 Å². The van der Waals surface area contributed by atoms with E-state index in [1.807, 2.05) is 33.9 Å². The zero-order chi connectivity index (χ0) is 26.5. The highest BCUT2D eigenvalue weighted by Gasteiger charge is 2.52. The molecule has 1 aliphatic heterocycles. The normalized spacial score (nSPS) is 17.2. The van der Waals surface area contributed by atoms with Crippen molar-refractivity contribution in [1.29, 1.82) is 0 Å². The molecule has 1 aromatic carbocycles. The minimum atomic E-state index is -1.15. The summed E-state index contributed by atoms with van der Waals surface area (Å²) in [5, 5.41) is 8.83. The highest BCUT2D eigenvalue weighted by molar-refractivity contribution is 6.76. The van der Waals surface area contributed by atoms with Gasteiger partial charge in [0.05, 0.1) is 29.3 Å². The summed E-state index contributed by atoms with van der Waals surface area (Å²) in [4.78, 5) is 0. The summed E-state index contributed by atoms with van der Waals surface area (Å²) in [5.74, 6) is -1.95. The minimum absolute atomic E-state index is 0.0374. The second-order valence-electron chi connectivity index (χ2n) is 11.6. The molecule has 1 fully saturated rings. The first kappa shape index (κ1) is 26.7. The molecule has 0 amide bonds. The Bertz CT molecular complexity index is 1240. The molecular weight excluding hydrogens is 481 g/mol. The molecule has 0 N–H and O–H groups in total. The third-order valence-electron chi connectivity index (χ3n) is 6.91. The summed E-state index contributed by atoms with van der Waals surface area (Å²) < 4.78 is 51.3. The molecule has 1 saturated heterocycles. The zero-order valence-electron chi connectivity index (χ0n) is 22.4. The molecule has 1 aliphatic rings. The van der Waals surface area contributed by atoms with Gasteiger partial charge in [-0.1, -0.05) is 31.8 Å². The maximum Gasteiger partial charge on any atom is 0.497 e. The molecule has 0 unspecified atom stereocenters. The van der Waals surface area contributed by atoms with Gasteiger partial charge in [-0.2, -0.15) is 10.2 Å². The topological polar surface area (TPSA) is 63.3 Å². The monoisotopic (exact) mass is 516 g/mol. The van der Waals surface area contributed by atoms with Crippen molar-refractivity contribution in [2.45, 2.75) is 78.2 Å². The van der Waals surface area contributed by atoms with Gasteiger partial charge in [0.2, 0.25) is 0 Å². The molecule has 0 radical (unpaired) electrons. The Morgan fingerprint density at radius 2 is 1.67 bits per heavy atom. The molecule has 0 atom stereocenters. The van der Waals surface area contributed by atoms with Crippen LogP contribution in [0.2, 0.25) is 25.7 Å². The summed E-state index contributed by atoms with van der Waals surface area (Å²) in [6, 6.07) is 4.14. The maximum atomic E-state index is 15.3. The highest BCUT2D eigenvalue weighted by atomic mass is 28.3. The van der Waals surface area contributed by atoms with Crippen LogP contribution in [-0.4, -0.2) is 52.6 Å². The van der Waals surface area contributed by atoms with E-state index in [-0.39, 0.29) is 11.0 Å². The zero-order valence-corrected chi connectivity index (χ0v) is 23.4. The molecule has 7 nitrogen and oxygen atoms in total. The van der Waals surface area contributed by atoms with E-state index >= 15 is 8.78 Å². The first-order valence-electron chi connectivity index (χ1n) is 12.2. The van der Waals surface area contributed by atoms with E-state index in [1.54, 1.807) is 34.7 Å². The van der Waals surface area contributed by atoms with Gasteiger partial charge in [-0.25, -0.2) is 18.1 Å². The second-order valence-corrected chi connectivity index (χ2v) is 17.2. The van der Waals surface area contributed by atoms with Gasteiger partial charge in [-0.15, -0.1) is 0 Å². The van der Waals surface area contributed by atoms with Crippen LogP contribution in [0.4, 0.5) is 8.78 Å². The number of ether oxygens (including phenoxy) is 1. The number of halogens is 2. The SMILES string of the molecule is Cc1nn(-c2cnn(COCC[Si](C)(C)C)c2)cc1-c1ccc(B2OC(C)(C)C(C)(C)O2)c(F)c1F. The van der Waals surface area contributed by atoms with Crippen LogP contribution in [0, 0.1) is 18.6 Å². The predicted molar refractivity (Wildman–Crippen MR) is 139 cm³/mol. The van der Waals surface area contributed by atoms with E-state index in [0.717, 1.165) is 6.04 Å². The van der Waals surface area contributed by atoms with Crippen LogP contribution < -0.4 is 5.46 Å². The van der Waals surface area contributed by atoms with Crippen LogP contribution in [0.15, 0.2) is 30.7 Å². The Balaban J connectivity index is 1.52. The van der Waals surface area contributed by atoms with Gasteiger partial charge in [0, 0.05) is 37.5 Å². The largest absolute Gasteiger partial charge is 0.497 e. The molecule has 2 aromatic heterocycles. The van der Waals surface area contributed by atoms with Gasteiger partial charge < -0.3 is 14.0 Å². The van der Waals surface area contributed by atoms with Crippen molar-refractivity contribution in [1.82, 2.24) is 19.6 Å². The standard InChI is InChI=1S/C25H35BF2N4O3Si/c1-17-20(15-32(30-17)18-13-29-31(14-18)16-33-11-12-36(6,7)8)19-9-10-21(23(28)22(19)27)26-34-24(2,3)25(4,5)35-26/h9-10,13-15H,11-12,16H2,1-8H3. The summed E-state index contributed by atoms with van der Waals surface area (Å²) >= 11 is 0. The predicted octanol–water partition coefficient (Wildman–Crippen LogP) is 4.93. The van der Waals surface area contributed by atoms with E-state index in [2.05, 4.69) is 29.8 Å². The van der Waals surface area contributed by atoms with Crippen LogP contribution in [0.25, 0.3) is 16.8 Å². The summed E-state index contributed by atoms with van der Waals surface area (Å²) in [5.41, 5.74) is 0.616. The van der Waals surface area contributed by atoms with Crippen molar-refractivity contribution in [2.75, 3.05) is 6.61 Å². The fourth-order valence-corrected chi connectivity index (χ4v) is 4.62. The van der Waals surface area contributed by atoms with E-state index in [4.69, 9.17) is 14.0 Å². The van der Waals surface area contributed by atoms with Gasteiger partial charge in [0.25, 0.3) is 0 Å². The Morgan fingerprint density at radius 3 is 2.31 bits per heavy atom. The average Bonchev–Trinajstić information content (AvgIpc) is 3.43. The lowest BCUT2D eigenvalue weighted by Crippen LogP contribution is -2.41. The number of hydrogen-bond acceptors (Lipinski definition) is 5. The number of rotatable bonds is 8. The van der Waals surface area contributed by atoms with Crippen molar-refractivity contribution in [3.05, 3.63) is 48.1 Å². The Kier molecular flexibility index (Phi) is 7.06. The molecule has 0 saturated carbocycles. The van der Waals surface area contributed by atoms with E-state index in [9.17, 15) is 0 Å². The molecule has 36 heavy (non-hydrogen) atoms. The third-order valence-corrected chi connectivity index (χ3v) is 8.62. The molecule has 3 aromatic rings. The van der Waals surface area contributed by atoms with Crippen LogP contribution in [0.3, 0.4) is 0 Å². The van der Waals surface area contributed by atoms with Crippen molar-refractivity contribution >= 4 is 20.7 Å². The number of aryl methyl sites for hydroxylation is 1. The number of nitrogens with zero attached hydrogens (tertiary/aromatic N) is 4. The molecule has 0 spiro atoms. The molecular formula is C25H35BF2N4O3Si. The minimum Gasteiger partial charge on any atom is -0.399 e. The molecule has 0 aliphatic carbocycles.